The van der Waals surface area contributed by atoms with Crippen LogP contribution in [0.25, 0.3) is 0 Å². The normalized spacial score (nSPS) is 13.3. The Kier molecular flexibility index (Phi) is 4.91. The average Bonchev–Trinajstić information content (AvgIpc) is 3.35. The number of aryl methyl sites for hydroxylation is 1. The predicted octanol–water partition coefficient (Wildman–Crippen LogP) is 4.47. The number of carbonyl (C=O) groups excluding carboxylic acids is 1. The number of hydrogen-bond acceptors (Lipinski definition) is 7. The summed E-state index contributed by atoms with van der Waals surface area (Å²) in [6.45, 7) is 1.89. The molecule has 0 aliphatic heterocycles. The van der Waals surface area contributed by atoms with E-state index in [1.807, 2.05) is 19.1 Å². The predicted molar refractivity (Wildman–Crippen MR) is 108 cm³/mol. The fourth-order valence-electron chi connectivity index (χ4n) is 2.46. The van der Waals surface area contributed by atoms with Crippen molar-refractivity contribution >= 4 is 51.3 Å². The molecule has 0 bridgehead atoms. The molecule has 0 unspecified atom stereocenters. The molecular weight excluding hydrogens is 384 g/mol. The van der Waals surface area contributed by atoms with E-state index in [0.29, 0.717) is 38.4 Å². The van der Waals surface area contributed by atoms with Crippen LogP contribution in [0.5, 0.6) is 0 Å². The Morgan fingerprint density at radius 1 is 1.19 bits per heavy atom. The van der Waals surface area contributed by atoms with Crippen LogP contribution in [0.15, 0.2) is 36.8 Å². The quantitative estimate of drug-likeness (QED) is 0.565. The van der Waals surface area contributed by atoms with Gasteiger partial charge in [0, 0.05) is 18.4 Å². The van der Waals surface area contributed by atoms with Gasteiger partial charge in [-0.1, -0.05) is 35.1 Å². The van der Waals surface area contributed by atoms with Crippen LogP contribution in [0.4, 0.5) is 22.5 Å². The van der Waals surface area contributed by atoms with Crippen molar-refractivity contribution in [3.05, 3.63) is 52.3 Å². The Labute approximate surface area is 165 Å². The third-order valence-electron chi connectivity index (χ3n) is 4.03. The second kappa shape index (κ2) is 7.50. The molecule has 1 amide bonds. The van der Waals surface area contributed by atoms with Crippen molar-refractivity contribution in [2.24, 2.45) is 0 Å². The molecule has 2 heterocycles. The van der Waals surface area contributed by atoms with Gasteiger partial charge in [0.25, 0.3) is 5.91 Å². The standard InChI is InChI=1S/C18H17ClN6OS/c1-10-3-2-4-12(19)14(10)24-17(26)13-9-22-18(27-13)25-16-15(20-7-8-21-16)23-11-5-6-11/h2-4,7-9,11H,5-6H2,1H3,(H,20,23)(H,24,26)(H,21,22,25). The summed E-state index contributed by atoms with van der Waals surface area (Å²) in [4.78, 5) is 25.9. The maximum absolute atomic E-state index is 12.5. The Balaban J connectivity index is 1.48. The fraction of sp³-hybridized carbons (Fsp3) is 0.222. The van der Waals surface area contributed by atoms with E-state index in [1.165, 1.54) is 17.5 Å². The van der Waals surface area contributed by atoms with Crippen LogP contribution in [-0.4, -0.2) is 26.9 Å². The first kappa shape index (κ1) is 17.7. The summed E-state index contributed by atoms with van der Waals surface area (Å²) in [6.07, 6.45) is 7.06. The highest BCUT2D eigenvalue weighted by molar-refractivity contribution is 7.17. The molecule has 2 aromatic heterocycles. The molecule has 138 valence electrons. The van der Waals surface area contributed by atoms with E-state index >= 15 is 0 Å². The maximum Gasteiger partial charge on any atom is 0.267 e. The van der Waals surface area contributed by atoms with Gasteiger partial charge in [0.05, 0.1) is 16.9 Å². The monoisotopic (exact) mass is 400 g/mol. The molecule has 0 radical (unpaired) electrons. The van der Waals surface area contributed by atoms with Crippen LogP contribution in [0, 0.1) is 6.92 Å². The summed E-state index contributed by atoms with van der Waals surface area (Å²) in [7, 11) is 0. The van der Waals surface area contributed by atoms with Gasteiger partial charge in [-0.05, 0) is 31.4 Å². The summed E-state index contributed by atoms with van der Waals surface area (Å²) >= 11 is 7.41. The number of halogens is 1. The largest absolute Gasteiger partial charge is 0.364 e. The third-order valence-corrected chi connectivity index (χ3v) is 5.26. The zero-order valence-corrected chi connectivity index (χ0v) is 16.1. The van der Waals surface area contributed by atoms with E-state index in [0.717, 1.165) is 18.4 Å². The number of aromatic nitrogens is 3. The van der Waals surface area contributed by atoms with Crippen molar-refractivity contribution in [2.45, 2.75) is 25.8 Å². The van der Waals surface area contributed by atoms with Crippen molar-refractivity contribution in [3.8, 4) is 0 Å². The number of nitrogens with zero attached hydrogens (tertiary/aromatic N) is 3. The molecule has 3 aromatic rings. The van der Waals surface area contributed by atoms with Gasteiger partial charge in [-0.2, -0.15) is 0 Å². The second-order valence-electron chi connectivity index (χ2n) is 6.21. The molecular formula is C18H17ClN6OS. The molecule has 27 heavy (non-hydrogen) atoms. The molecule has 1 fully saturated rings. The highest BCUT2D eigenvalue weighted by Gasteiger charge is 2.23. The zero-order valence-electron chi connectivity index (χ0n) is 14.5. The van der Waals surface area contributed by atoms with E-state index < -0.39 is 0 Å². The molecule has 3 N–H and O–H groups in total. The molecule has 0 saturated heterocycles. The molecule has 1 aliphatic rings. The van der Waals surface area contributed by atoms with Crippen LogP contribution in [0.2, 0.25) is 5.02 Å². The molecule has 0 atom stereocenters. The van der Waals surface area contributed by atoms with Crippen molar-refractivity contribution in [3.63, 3.8) is 0 Å². The fourth-order valence-corrected chi connectivity index (χ4v) is 3.44. The lowest BCUT2D eigenvalue weighted by Gasteiger charge is -2.09. The summed E-state index contributed by atoms with van der Waals surface area (Å²) in [5.41, 5.74) is 1.51. The minimum absolute atomic E-state index is 0.257. The number of hydrogen-bond donors (Lipinski definition) is 3. The van der Waals surface area contributed by atoms with Crippen LogP contribution < -0.4 is 16.0 Å². The number of thiazole rings is 1. The van der Waals surface area contributed by atoms with E-state index in [1.54, 1.807) is 18.5 Å². The van der Waals surface area contributed by atoms with Crippen LogP contribution >= 0.6 is 22.9 Å². The van der Waals surface area contributed by atoms with Crippen LogP contribution in [0.1, 0.15) is 28.1 Å². The SMILES string of the molecule is Cc1cccc(Cl)c1NC(=O)c1cnc(Nc2nccnc2NC2CC2)s1. The summed E-state index contributed by atoms with van der Waals surface area (Å²) in [6, 6.07) is 5.94. The van der Waals surface area contributed by atoms with Gasteiger partial charge >= 0.3 is 0 Å². The minimum atomic E-state index is -0.257. The lowest BCUT2D eigenvalue weighted by molar-refractivity contribution is 0.103. The number of amides is 1. The van der Waals surface area contributed by atoms with Crippen molar-refractivity contribution < 1.29 is 4.79 Å². The number of carbonyl (C=O) groups is 1. The Hall–Kier alpha value is -2.71. The number of nitrogens with one attached hydrogen (secondary N) is 3. The molecule has 7 nitrogen and oxygen atoms in total. The Morgan fingerprint density at radius 3 is 2.70 bits per heavy atom. The van der Waals surface area contributed by atoms with Crippen LogP contribution in [-0.2, 0) is 0 Å². The second-order valence-corrected chi connectivity index (χ2v) is 7.65. The number of anilines is 4. The van der Waals surface area contributed by atoms with E-state index in [9.17, 15) is 4.79 Å². The highest BCUT2D eigenvalue weighted by atomic mass is 35.5. The van der Waals surface area contributed by atoms with E-state index in [-0.39, 0.29) is 5.91 Å². The summed E-state index contributed by atoms with van der Waals surface area (Å²) < 4.78 is 0. The summed E-state index contributed by atoms with van der Waals surface area (Å²) in [5.74, 6) is 1.02. The van der Waals surface area contributed by atoms with E-state index in [2.05, 4.69) is 30.9 Å². The average molecular weight is 401 g/mol. The lowest BCUT2D eigenvalue weighted by Crippen LogP contribution is -2.11. The van der Waals surface area contributed by atoms with Crippen molar-refractivity contribution in [2.75, 3.05) is 16.0 Å². The number of benzene rings is 1. The van der Waals surface area contributed by atoms with Gasteiger partial charge in [0.15, 0.2) is 16.8 Å². The van der Waals surface area contributed by atoms with E-state index in [4.69, 9.17) is 11.6 Å². The van der Waals surface area contributed by atoms with Crippen molar-refractivity contribution in [1.29, 1.82) is 0 Å². The first-order valence-corrected chi connectivity index (χ1v) is 9.66. The lowest BCUT2D eigenvalue weighted by atomic mass is 10.2. The Morgan fingerprint density at radius 2 is 1.96 bits per heavy atom. The molecule has 9 heteroatoms. The number of rotatable bonds is 6. The van der Waals surface area contributed by atoms with Gasteiger partial charge in [0.2, 0.25) is 0 Å². The van der Waals surface area contributed by atoms with Gasteiger partial charge < -0.3 is 16.0 Å². The third kappa shape index (κ3) is 4.17. The zero-order chi connectivity index (χ0) is 18.8. The van der Waals surface area contributed by atoms with Gasteiger partial charge in [-0.25, -0.2) is 15.0 Å². The molecule has 0 spiro atoms. The summed E-state index contributed by atoms with van der Waals surface area (Å²) in [5, 5.41) is 10.4. The number of para-hydroxylation sites is 1. The first-order chi connectivity index (χ1) is 13.1. The molecule has 1 aliphatic carbocycles. The van der Waals surface area contributed by atoms with Gasteiger partial charge in [0.1, 0.15) is 4.88 Å². The van der Waals surface area contributed by atoms with Crippen LogP contribution in [0.3, 0.4) is 0 Å². The van der Waals surface area contributed by atoms with Gasteiger partial charge in [-0.3, -0.25) is 4.79 Å². The minimum Gasteiger partial charge on any atom is -0.364 e. The molecule has 1 saturated carbocycles. The smallest absolute Gasteiger partial charge is 0.267 e. The first-order valence-electron chi connectivity index (χ1n) is 8.47. The van der Waals surface area contributed by atoms with Gasteiger partial charge in [-0.15, -0.1) is 0 Å². The Bertz CT molecular complexity index is 967. The maximum atomic E-state index is 12.5. The topological polar surface area (TPSA) is 91.8 Å². The molecule has 4 rings (SSSR count). The van der Waals surface area contributed by atoms with Crippen molar-refractivity contribution in [1.82, 2.24) is 15.0 Å². The molecule has 1 aromatic carbocycles. The highest BCUT2D eigenvalue weighted by Crippen LogP contribution is 2.30.